The zero-order valence-corrected chi connectivity index (χ0v) is 11.1. The van der Waals surface area contributed by atoms with E-state index in [1.807, 2.05) is 7.05 Å². The molecule has 1 heterocycles. The van der Waals surface area contributed by atoms with E-state index >= 15 is 0 Å². The minimum absolute atomic E-state index is 0.290. The highest BCUT2D eigenvalue weighted by Crippen LogP contribution is 2.15. The Kier molecular flexibility index (Phi) is 5.46. The molecule has 1 aliphatic heterocycles. The van der Waals surface area contributed by atoms with E-state index in [0.717, 1.165) is 26.1 Å². The standard InChI is InChI=1S/C13H26N2O/c1-10(2)8-12(14-5)13-9-15(11(3)4)6-7-16-13/h11-14H,1,6-9H2,2-5H3. The Bertz CT molecular complexity index is 228. The van der Waals surface area contributed by atoms with Gasteiger partial charge in [0.2, 0.25) is 0 Å². The van der Waals surface area contributed by atoms with Crippen molar-refractivity contribution < 1.29 is 4.74 Å². The van der Waals surface area contributed by atoms with Gasteiger partial charge in [-0.05, 0) is 34.2 Å². The van der Waals surface area contributed by atoms with E-state index in [9.17, 15) is 0 Å². The normalized spacial score (nSPS) is 24.7. The Hall–Kier alpha value is -0.380. The fourth-order valence-electron chi connectivity index (χ4n) is 2.20. The lowest BCUT2D eigenvalue weighted by Crippen LogP contribution is -2.53. The highest BCUT2D eigenvalue weighted by Gasteiger charge is 2.28. The smallest absolute Gasteiger partial charge is 0.0858 e. The van der Waals surface area contributed by atoms with Crippen LogP contribution in [0.25, 0.3) is 0 Å². The van der Waals surface area contributed by atoms with Crippen LogP contribution in [-0.2, 0) is 4.74 Å². The van der Waals surface area contributed by atoms with Crippen molar-refractivity contribution in [3.8, 4) is 0 Å². The highest BCUT2D eigenvalue weighted by atomic mass is 16.5. The van der Waals surface area contributed by atoms with Crippen LogP contribution in [0.1, 0.15) is 27.2 Å². The Labute approximate surface area is 99.8 Å². The van der Waals surface area contributed by atoms with Crippen molar-refractivity contribution in [2.24, 2.45) is 0 Å². The molecule has 0 aromatic carbocycles. The summed E-state index contributed by atoms with van der Waals surface area (Å²) in [5.41, 5.74) is 1.21. The second-order valence-electron chi connectivity index (χ2n) is 5.05. The lowest BCUT2D eigenvalue weighted by molar-refractivity contribution is -0.0541. The van der Waals surface area contributed by atoms with E-state index < -0.39 is 0 Å². The second kappa shape index (κ2) is 6.38. The first kappa shape index (κ1) is 13.7. The third-order valence-electron chi connectivity index (χ3n) is 3.24. The van der Waals surface area contributed by atoms with Gasteiger partial charge < -0.3 is 10.1 Å². The number of likely N-dealkylation sites (N-methyl/N-ethyl adjacent to an activating group) is 1. The van der Waals surface area contributed by atoms with E-state index in [1.54, 1.807) is 0 Å². The number of nitrogens with one attached hydrogen (secondary N) is 1. The van der Waals surface area contributed by atoms with E-state index in [1.165, 1.54) is 5.57 Å². The Morgan fingerprint density at radius 2 is 2.25 bits per heavy atom. The average Bonchev–Trinajstić information content (AvgIpc) is 2.25. The third-order valence-corrected chi connectivity index (χ3v) is 3.24. The maximum absolute atomic E-state index is 5.87. The molecule has 1 rings (SSSR count). The van der Waals surface area contributed by atoms with Crippen LogP contribution in [0, 0.1) is 0 Å². The average molecular weight is 226 g/mol. The molecule has 3 heteroatoms. The van der Waals surface area contributed by atoms with E-state index in [-0.39, 0.29) is 6.10 Å². The van der Waals surface area contributed by atoms with E-state index in [2.05, 4.69) is 37.6 Å². The van der Waals surface area contributed by atoms with Gasteiger partial charge >= 0.3 is 0 Å². The van der Waals surface area contributed by atoms with E-state index in [4.69, 9.17) is 4.74 Å². The molecule has 0 aromatic rings. The molecule has 0 amide bonds. The summed E-state index contributed by atoms with van der Waals surface area (Å²) in [7, 11) is 2.01. The summed E-state index contributed by atoms with van der Waals surface area (Å²) in [6.07, 6.45) is 1.28. The zero-order valence-electron chi connectivity index (χ0n) is 11.1. The second-order valence-corrected chi connectivity index (χ2v) is 5.05. The number of ether oxygens (including phenoxy) is 1. The van der Waals surface area contributed by atoms with Crippen molar-refractivity contribution in [2.75, 3.05) is 26.7 Å². The number of morpholine rings is 1. The molecular formula is C13H26N2O. The van der Waals surface area contributed by atoms with Gasteiger partial charge in [-0.2, -0.15) is 0 Å². The number of hydrogen-bond donors (Lipinski definition) is 1. The van der Waals surface area contributed by atoms with Crippen LogP contribution in [0.15, 0.2) is 12.2 Å². The monoisotopic (exact) mass is 226 g/mol. The van der Waals surface area contributed by atoms with Crippen LogP contribution in [0.2, 0.25) is 0 Å². The molecule has 1 N–H and O–H groups in total. The molecule has 0 radical (unpaired) electrons. The number of nitrogens with zero attached hydrogens (tertiary/aromatic N) is 1. The molecule has 2 unspecified atom stereocenters. The first-order valence-electron chi connectivity index (χ1n) is 6.22. The highest BCUT2D eigenvalue weighted by molar-refractivity contribution is 4.96. The number of hydrogen-bond acceptors (Lipinski definition) is 3. The minimum Gasteiger partial charge on any atom is -0.374 e. The molecular weight excluding hydrogens is 200 g/mol. The van der Waals surface area contributed by atoms with Gasteiger partial charge in [-0.25, -0.2) is 0 Å². The lowest BCUT2D eigenvalue weighted by Gasteiger charge is -2.39. The predicted octanol–water partition coefficient (Wildman–Crippen LogP) is 1.65. The first-order valence-corrected chi connectivity index (χ1v) is 6.22. The molecule has 1 fully saturated rings. The Balaban J connectivity index is 2.53. The van der Waals surface area contributed by atoms with Crippen LogP contribution in [0.4, 0.5) is 0 Å². The molecule has 2 atom stereocenters. The van der Waals surface area contributed by atoms with Crippen LogP contribution in [-0.4, -0.2) is 49.8 Å². The van der Waals surface area contributed by atoms with Gasteiger partial charge in [0.25, 0.3) is 0 Å². The maximum Gasteiger partial charge on any atom is 0.0858 e. The van der Waals surface area contributed by atoms with Gasteiger partial charge in [-0.3, -0.25) is 4.90 Å². The molecule has 1 saturated heterocycles. The van der Waals surface area contributed by atoms with Crippen LogP contribution in [0.3, 0.4) is 0 Å². The first-order chi connectivity index (χ1) is 7.54. The van der Waals surface area contributed by atoms with Gasteiger partial charge in [0.1, 0.15) is 0 Å². The van der Waals surface area contributed by atoms with Crippen LogP contribution in [0.5, 0.6) is 0 Å². The number of rotatable bonds is 5. The van der Waals surface area contributed by atoms with Crippen molar-refractivity contribution in [3.05, 3.63) is 12.2 Å². The minimum atomic E-state index is 0.290. The fourth-order valence-corrected chi connectivity index (χ4v) is 2.20. The van der Waals surface area contributed by atoms with Crippen LogP contribution < -0.4 is 5.32 Å². The van der Waals surface area contributed by atoms with Gasteiger partial charge in [-0.15, -0.1) is 6.58 Å². The van der Waals surface area contributed by atoms with Gasteiger partial charge in [-0.1, -0.05) is 5.57 Å². The fraction of sp³-hybridized carbons (Fsp3) is 0.846. The molecule has 3 nitrogen and oxygen atoms in total. The molecule has 16 heavy (non-hydrogen) atoms. The maximum atomic E-state index is 5.87. The summed E-state index contributed by atoms with van der Waals surface area (Å²) < 4.78 is 5.87. The summed E-state index contributed by atoms with van der Waals surface area (Å²) in [5.74, 6) is 0. The Morgan fingerprint density at radius 1 is 1.56 bits per heavy atom. The zero-order chi connectivity index (χ0) is 12.1. The summed E-state index contributed by atoms with van der Waals surface area (Å²) in [6, 6.07) is 0.993. The van der Waals surface area contributed by atoms with Crippen LogP contribution >= 0.6 is 0 Å². The topological polar surface area (TPSA) is 24.5 Å². The van der Waals surface area contributed by atoms with Crippen molar-refractivity contribution in [2.45, 2.75) is 45.4 Å². The molecule has 0 aliphatic carbocycles. The van der Waals surface area contributed by atoms with Gasteiger partial charge in [0.15, 0.2) is 0 Å². The Morgan fingerprint density at radius 3 is 2.75 bits per heavy atom. The van der Waals surface area contributed by atoms with Crippen molar-refractivity contribution in [1.82, 2.24) is 10.2 Å². The third kappa shape index (κ3) is 3.89. The predicted molar refractivity (Wildman–Crippen MR) is 68.7 cm³/mol. The summed E-state index contributed by atoms with van der Waals surface area (Å²) in [5, 5.41) is 3.35. The van der Waals surface area contributed by atoms with Crippen molar-refractivity contribution >= 4 is 0 Å². The van der Waals surface area contributed by atoms with Crippen molar-refractivity contribution in [3.63, 3.8) is 0 Å². The molecule has 0 saturated carbocycles. The largest absolute Gasteiger partial charge is 0.374 e. The summed E-state index contributed by atoms with van der Waals surface area (Å²) in [6.45, 7) is 13.5. The SMILES string of the molecule is C=C(C)CC(NC)C1CN(C(C)C)CCO1. The molecule has 1 aliphatic rings. The summed E-state index contributed by atoms with van der Waals surface area (Å²) >= 11 is 0. The lowest BCUT2D eigenvalue weighted by atomic mass is 10.0. The molecule has 0 spiro atoms. The van der Waals surface area contributed by atoms with E-state index in [0.29, 0.717) is 12.1 Å². The molecule has 94 valence electrons. The summed E-state index contributed by atoms with van der Waals surface area (Å²) in [4.78, 5) is 2.48. The molecule has 0 bridgehead atoms. The quantitative estimate of drug-likeness (QED) is 0.721. The van der Waals surface area contributed by atoms with Gasteiger partial charge in [0, 0.05) is 25.2 Å². The van der Waals surface area contributed by atoms with Gasteiger partial charge in [0.05, 0.1) is 12.7 Å². The van der Waals surface area contributed by atoms with Crippen molar-refractivity contribution in [1.29, 1.82) is 0 Å². The molecule has 0 aromatic heterocycles.